The van der Waals surface area contributed by atoms with Crippen LogP contribution in [-0.2, 0) is 10.0 Å². The monoisotopic (exact) mass is 295 g/mol. The lowest BCUT2D eigenvalue weighted by Gasteiger charge is -2.12. The topological polar surface area (TPSA) is 134 Å². The number of rotatable bonds is 6. The lowest BCUT2D eigenvalue weighted by molar-refractivity contribution is 0.376. The molecule has 8 nitrogen and oxygen atoms in total. The third-order valence-corrected chi connectivity index (χ3v) is 3.63. The number of aromatic amines is 1. The van der Waals surface area contributed by atoms with E-state index in [1.165, 1.54) is 12.4 Å². The minimum absolute atomic E-state index is 0.0128. The van der Waals surface area contributed by atoms with Gasteiger partial charge in [-0.2, -0.15) is 5.10 Å². The van der Waals surface area contributed by atoms with Gasteiger partial charge in [-0.3, -0.25) is 15.2 Å². The van der Waals surface area contributed by atoms with Crippen LogP contribution < -0.4 is 15.2 Å². The minimum atomic E-state index is -3.74. The first-order chi connectivity index (χ1) is 9.49. The summed E-state index contributed by atoms with van der Waals surface area (Å²) < 4.78 is 31.8. The lowest BCUT2D eigenvalue weighted by Crippen LogP contribution is -2.20. The Hall–Kier alpha value is -2.55. The number of anilines is 1. The van der Waals surface area contributed by atoms with Gasteiger partial charge in [-0.05, 0) is 12.1 Å². The molecule has 0 spiro atoms. The fourth-order valence-corrected chi connectivity index (χ4v) is 2.40. The number of H-pyrrole nitrogens is 1. The first-order valence-corrected chi connectivity index (χ1v) is 7.03. The number of benzene rings is 1. The Labute approximate surface area is 115 Å². The highest BCUT2D eigenvalue weighted by Gasteiger charge is 2.17. The predicted octanol–water partition coefficient (Wildman–Crippen LogP) is 0.525. The van der Waals surface area contributed by atoms with Crippen LogP contribution in [0.5, 0.6) is 5.75 Å². The number of para-hydroxylation sites is 2. The molecular formula is C11H13N5O3S. The third kappa shape index (κ3) is 3.26. The van der Waals surface area contributed by atoms with E-state index in [-0.39, 0.29) is 28.8 Å². The van der Waals surface area contributed by atoms with Gasteiger partial charge in [0, 0.05) is 6.20 Å². The summed E-state index contributed by atoms with van der Waals surface area (Å²) in [6.45, 7) is -0.121. The number of nitrogens with two attached hydrogens (primary N) is 1. The van der Waals surface area contributed by atoms with Crippen LogP contribution in [0.3, 0.4) is 0 Å². The standard InChI is InChI=1S/C11H13N5O3S/c12-11(13)7-19-10-4-2-1-3-9(10)16-20(17,18)8-5-14-15-6-8/h1-6,16H,7H2,(H3,12,13)(H,14,15). The average molecular weight is 295 g/mol. The summed E-state index contributed by atoms with van der Waals surface area (Å²) in [7, 11) is -3.74. The van der Waals surface area contributed by atoms with Crippen molar-refractivity contribution in [2.24, 2.45) is 5.73 Å². The summed E-state index contributed by atoms with van der Waals surface area (Å²) in [5.74, 6) is 0.132. The molecule has 0 aliphatic carbocycles. The van der Waals surface area contributed by atoms with Crippen molar-refractivity contribution < 1.29 is 13.2 Å². The molecule has 0 unspecified atom stereocenters. The molecule has 5 N–H and O–H groups in total. The molecule has 1 aromatic heterocycles. The van der Waals surface area contributed by atoms with Crippen LogP contribution in [0.25, 0.3) is 0 Å². The van der Waals surface area contributed by atoms with Crippen molar-refractivity contribution >= 4 is 21.5 Å². The van der Waals surface area contributed by atoms with E-state index in [9.17, 15) is 8.42 Å². The van der Waals surface area contributed by atoms with Crippen LogP contribution in [0.15, 0.2) is 41.6 Å². The van der Waals surface area contributed by atoms with Gasteiger partial charge in [0.25, 0.3) is 10.0 Å². The van der Waals surface area contributed by atoms with Crippen molar-refractivity contribution in [3.63, 3.8) is 0 Å². The van der Waals surface area contributed by atoms with Gasteiger partial charge in [-0.1, -0.05) is 12.1 Å². The van der Waals surface area contributed by atoms with E-state index < -0.39 is 10.0 Å². The molecule has 0 saturated carbocycles. The van der Waals surface area contributed by atoms with Gasteiger partial charge in [-0.15, -0.1) is 0 Å². The first kappa shape index (κ1) is 13.9. The van der Waals surface area contributed by atoms with Crippen molar-refractivity contribution in [2.45, 2.75) is 4.90 Å². The quantitative estimate of drug-likeness (QED) is 0.455. The lowest BCUT2D eigenvalue weighted by atomic mass is 10.3. The molecule has 0 bridgehead atoms. The van der Waals surface area contributed by atoms with E-state index in [4.69, 9.17) is 15.9 Å². The zero-order valence-corrected chi connectivity index (χ0v) is 11.1. The van der Waals surface area contributed by atoms with Crippen LogP contribution in [0, 0.1) is 5.41 Å². The molecule has 0 atom stereocenters. The number of aromatic nitrogens is 2. The molecule has 1 aromatic carbocycles. The van der Waals surface area contributed by atoms with Crippen LogP contribution in [0.4, 0.5) is 5.69 Å². The molecular weight excluding hydrogens is 282 g/mol. The van der Waals surface area contributed by atoms with Gasteiger partial charge in [0.15, 0.2) is 0 Å². The number of sulfonamides is 1. The second-order valence-electron chi connectivity index (χ2n) is 3.85. The Bertz CT molecular complexity index is 697. The second-order valence-corrected chi connectivity index (χ2v) is 5.53. The third-order valence-electron chi connectivity index (χ3n) is 2.30. The minimum Gasteiger partial charge on any atom is -0.484 e. The largest absolute Gasteiger partial charge is 0.484 e. The highest BCUT2D eigenvalue weighted by atomic mass is 32.2. The van der Waals surface area contributed by atoms with Gasteiger partial charge in [0.1, 0.15) is 23.1 Å². The SMILES string of the molecule is N=C(N)COc1ccccc1NS(=O)(=O)c1cn[nH]c1. The number of hydrogen-bond donors (Lipinski definition) is 4. The predicted molar refractivity (Wildman–Crippen MR) is 73.2 cm³/mol. The van der Waals surface area contributed by atoms with Gasteiger partial charge < -0.3 is 10.5 Å². The molecule has 0 aliphatic rings. The Morgan fingerprint density at radius 1 is 1.45 bits per heavy atom. The van der Waals surface area contributed by atoms with E-state index in [0.717, 1.165) is 0 Å². The summed E-state index contributed by atoms with van der Waals surface area (Å²) >= 11 is 0. The van der Waals surface area contributed by atoms with Crippen LogP contribution in [0.1, 0.15) is 0 Å². The number of ether oxygens (including phenoxy) is 1. The van der Waals surface area contributed by atoms with Crippen LogP contribution in [-0.4, -0.2) is 31.1 Å². The molecule has 0 fully saturated rings. The summed E-state index contributed by atoms with van der Waals surface area (Å²) in [6.07, 6.45) is 2.46. The summed E-state index contributed by atoms with van der Waals surface area (Å²) in [5, 5.41) is 13.1. The molecule has 0 amide bonds. The molecule has 1 heterocycles. The molecule has 2 aromatic rings. The van der Waals surface area contributed by atoms with Crippen molar-refractivity contribution in [1.29, 1.82) is 5.41 Å². The number of nitrogens with one attached hydrogen (secondary N) is 3. The Morgan fingerprint density at radius 3 is 2.85 bits per heavy atom. The van der Waals surface area contributed by atoms with Gasteiger partial charge in [-0.25, -0.2) is 8.42 Å². The van der Waals surface area contributed by atoms with Gasteiger partial charge in [0.2, 0.25) is 0 Å². The normalized spacial score (nSPS) is 11.0. The smallest absolute Gasteiger partial charge is 0.265 e. The molecule has 9 heteroatoms. The molecule has 0 saturated heterocycles. The summed E-state index contributed by atoms with van der Waals surface area (Å²) in [6, 6.07) is 6.47. The van der Waals surface area contributed by atoms with E-state index in [1.807, 2.05) is 0 Å². The molecule has 106 valence electrons. The maximum atomic E-state index is 12.1. The Morgan fingerprint density at radius 2 is 2.20 bits per heavy atom. The number of amidine groups is 1. The first-order valence-electron chi connectivity index (χ1n) is 5.55. The fraction of sp³-hybridized carbons (Fsp3) is 0.0909. The zero-order valence-electron chi connectivity index (χ0n) is 10.3. The highest BCUT2D eigenvalue weighted by molar-refractivity contribution is 7.92. The van der Waals surface area contributed by atoms with Crippen molar-refractivity contribution in [3.05, 3.63) is 36.7 Å². The summed E-state index contributed by atoms with van der Waals surface area (Å²) in [4.78, 5) is 0.0128. The highest BCUT2D eigenvalue weighted by Crippen LogP contribution is 2.26. The number of hydrogen-bond acceptors (Lipinski definition) is 5. The van der Waals surface area contributed by atoms with E-state index in [2.05, 4.69) is 14.9 Å². The maximum absolute atomic E-state index is 12.1. The molecule has 2 rings (SSSR count). The van der Waals surface area contributed by atoms with Crippen molar-refractivity contribution in [3.8, 4) is 5.75 Å². The average Bonchev–Trinajstić information content (AvgIpc) is 2.92. The van der Waals surface area contributed by atoms with Crippen LogP contribution in [0.2, 0.25) is 0 Å². The summed E-state index contributed by atoms with van der Waals surface area (Å²) in [5.41, 5.74) is 5.46. The molecule has 0 aliphatic heterocycles. The molecule has 0 radical (unpaired) electrons. The Kier molecular flexibility index (Phi) is 3.89. The Balaban J connectivity index is 2.23. The van der Waals surface area contributed by atoms with E-state index in [1.54, 1.807) is 24.3 Å². The fourth-order valence-electron chi connectivity index (χ4n) is 1.42. The number of nitrogens with zero attached hydrogens (tertiary/aromatic N) is 1. The van der Waals surface area contributed by atoms with E-state index >= 15 is 0 Å². The van der Waals surface area contributed by atoms with Gasteiger partial charge in [0.05, 0.1) is 11.9 Å². The second kappa shape index (κ2) is 5.61. The zero-order chi connectivity index (χ0) is 14.6. The van der Waals surface area contributed by atoms with Crippen molar-refractivity contribution in [2.75, 3.05) is 11.3 Å². The van der Waals surface area contributed by atoms with Crippen LogP contribution >= 0.6 is 0 Å². The van der Waals surface area contributed by atoms with Crippen molar-refractivity contribution in [1.82, 2.24) is 10.2 Å². The maximum Gasteiger partial charge on any atom is 0.265 e. The van der Waals surface area contributed by atoms with E-state index in [0.29, 0.717) is 0 Å². The molecule has 20 heavy (non-hydrogen) atoms. The van der Waals surface area contributed by atoms with Gasteiger partial charge >= 0.3 is 0 Å².